The van der Waals surface area contributed by atoms with E-state index >= 15 is 0 Å². The number of rotatable bonds is 6. The standard InChI is InChI=1S/C24H30O3/c1-18-11-12-19(13-16-24(2)14-7-4-8-15-24)21(17-18)27-23(26)22(25)20-9-5-3-6-10-20/h3-10,14,18-19,21H,11-13,15-17H2,1-2H3/t18-,19+,21-,24?/m1/s1. The van der Waals surface area contributed by atoms with Crippen molar-refractivity contribution in [1.29, 1.82) is 0 Å². The maximum Gasteiger partial charge on any atom is 0.379 e. The number of ether oxygens (including phenoxy) is 1. The first-order chi connectivity index (χ1) is 13.0. The molecule has 3 rings (SSSR count). The topological polar surface area (TPSA) is 43.4 Å². The van der Waals surface area contributed by atoms with Crippen LogP contribution in [0.25, 0.3) is 0 Å². The van der Waals surface area contributed by atoms with Crippen LogP contribution in [0.3, 0.4) is 0 Å². The van der Waals surface area contributed by atoms with Gasteiger partial charge in [-0.3, -0.25) is 4.79 Å². The van der Waals surface area contributed by atoms with Crippen LogP contribution in [0.2, 0.25) is 0 Å². The minimum Gasteiger partial charge on any atom is -0.456 e. The Kier molecular flexibility index (Phi) is 6.30. The Morgan fingerprint density at radius 3 is 2.63 bits per heavy atom. The molecule has 1 saturated carbocycles. The molecule has 1 aromatic rings. The van der Waals surface area contributed by atoms with Crippen molar-refractivity contribution in [2.24, 2.45) is 17.3 Å². The van der Waals surface area contributed by atoms with E-state index in [9.17, 15) is 9.59 Å². The van der Waals surface area contributed by atoms with Gasteiger partial charge in [0.25, 0.3) is 5.78 Å². The molecule has 1 fully saturated rings. The van der Waals surface area contributed by atoms with E-state index in [0.717, 1.165) is 38.5 Å². The summed E-state index contributed by atoms with van der Waals surface area (Å²) in [5.74, 6) is -0.388. The molecule has 2 aliphatic carbocycles. The zero-order valence-corrected chi connectivity index (χ0v) is 16.4. The van der Waals surface area contributed by atoms with Crippen LogP contribution in [0.4, 0.5) is 0 Å². The van der Waals surface area contributed by atoms with E-state index < -0.39 is 11.8 Å². The zero-order valence-electron chi connectivity index (χ0n) is 16.4. The number of allylic oxidation sites excluding steroid dienone is 4. The van der Waals surface area contributed by atoms with Crippen molar-refractivity contribution in [3.8, 4) is 0 Å². The molecule has 0 spiro atoms. The average molecular weight is 367 g/mol. The Balaban J connectivity index is 1.62. The second kappa shape index (κ2) is 8.69. The van der Waals surface area contributed by atoms with E-state index in [1.165, 1.54) is 0 Å². The van der Waals surface area contributed by atoms with Gasteiger partial charge in [-0.05, 0) is 49.4 Å². The predicted molar refractivity (Wildman–Crippen MR) is 107 cm³/mol. The Labute approximate surface area is 162 Å². The summed E-state index contributed by atoms with van der Waals surface area (Å²) in [5.41, 5.74) is 0.584. The van der Waals surface area contributed by atoms with Crippen LogP contribution in [0.5, 0.6) is 0 Å². The van der Waals surface area contributed by atoms with Crippen molar-refractivity contribution < 1.29 is 14.3 Å². The zero-order chi connectivity index (χ0) is 19.3. The van der Waals surface area contributed by atoms with Gasteiger partial charge in [0.05, 0.1) is 0 Å². The summed E-state index contributed by atoms with van der Waals surface area (Å²) in [6, 6.07) is 8.68. The summed E-state index contributed by atoms with van der Waals surface area (Å²) in [6.07, 6.45) is 14.8. The normalized spacial score (nSPS) is 30.1. The monoisotopic (exact) mass is 366 g/mol. The molecule has 0 radical (unpaired) electrons. The molecular formula is C24H30O3. The lowest BCUT2D eigenvalue weighted by molar-refractivity contribution is -0.149. The molecule has 144 valence electrons. The molecule has 1 aromatic carbocycles. The largest absolute Gasteiger partial charge is 0.456 e. The SMILES string of the molecule is C[C@@H]1CC[C@@H](CCC2(C)C=CC=CC2)[C@H](OC(=O)C(=O)c2ccccc2)C1. The van der Waals surface area contributed by atoms with Crippen molar-refractivity contribution in [1.82, 2.24) is 0 Å². The Hall–Kier alpha value is -2.16. The maximum absolute atomic E-state index is 12.4. The van der Waals surface area contributed by atoms with Gasteiger partial charge in [0.2, 0.25) is 0 Å². The third kappa shape index (κ3) is 5.18. The summed E-state index contributed by atoms with van der Waals surface area (Å²) in [6.45, 7) is 4.49. The van der Waals surface area contributed by atoms with Crippen LogP contribution in [0.1, 0.15) is 62.7 Å². The second-order valence-electron chi connectivity index (χ2n) is 8.50. The van der Waals surface area contributed by atoms with Gasteiger partial charge in [-0.25, -0.2) is 4.79 Å². The van der Waals surface area contributed by atoms with E-state index in [1.807, 2.05) is 6.07 Å². The van der Waals surface area contributed by atoms with E-state index in [0.29, 0.717) is 17.4 Å². The summed E-state index contributed by atoms with van der Waals surface area (Å²) in [4.78, 5) is 24.8. The summed E-state index contributed by atoms with van der Waals surface area (Å²) in [7, 11) is 0. The Morgan fingerprint density at radius 2 is 1.93 bits per heavy atom. The van der Waals surface area contributed by atoms with E-state index in [4.69, 9.17) is 4.74 Å². The molecule has 1 unspecified atom stereocenters. The number of hydrogen-bond donors (Lipinski definition) is 0. The first-order valence-corrected chi connectivity index (χ1v) is 10.1. The number of esters is 1. The number of carbonyl (C=O) groups excluding carboxylic acids is 2. The quantitative estimate of drug-likeness (QED) is 0.378. The van der Waals surface area contributed by atoms with Crippen LogP contribution in [0.15, 0.2) is 54.6 Å². The number of hydrogen-bond acceptors (Lipinski definition) is 3. The van der Waals surface area contributed by atoms with Crippen LogP contribution in [-0.2, 0) is 9.53 Å². The molecule has 3 heteroatoms. The molecule has 0 amide bonds. The maximum atomic E-state index is 12.4. The van der Waals surface area contributed by atoms with Gasteiger partial charge in [-0.2, -0.15) is 0 Å². The third-order valence-electron chi connectivity index (χ3n) is 6.09. The Bertz CT molecular complexity index is 718. The molecule has 0 aliphatic heterocycles. The predicted octanol–water partition coefficient (Wildman–Crippen LogP) is 5.52. The smallest absolute Gasteiger partial charge is 0.379 e. The molecule has 0 aromatic heterocycles. The lowest BCUT2D eigenvalue weighted by Crippen LogP contribution is -2.35. The minimum absolute atomic E-state index is 0.152. The highest BCUT2D eigenvalue weighted by Gasteiger charge is 2.34. The minimum atomic E-state index is -0.711. The molecule has 0 saturated heterocycles. The number of carbonyl (C=O) groups is 2. The Morgan fingerprint density at radius 1 is 1.15 bits per heavy atom. The molecule has 3 nitrogen and oxygen atoms in total. The van der Waals surface area contributed by atoms with E-state index in [1.54, 1.807) is 24.3 Å². The fourth-order valence-electron chi connectivity index (χ4n) is 4.24. The first-order valence-electron chi connectivity index (χ1n) is 10.1. The van der Waals surface area contributed by atoms with Gasteiger partial charge in [-0.1, -0.05) is 74.9 Å². The molecule has 4 atom stereocenters. The lowest BCUT2D eigenvalue weighted by Gasteiger charge is -2.36. The third-order valence-corrected chi connectivity index (χ3v) is 6.09. The number of ketones is 1. The van der Waals surface area contributed by atoms with Gasteiger partial charge >= 0.3 is 5.97 Å². The lowest BCUT2D eigenvalue weighted by atomic mass is 9.73. The first kappa shape index (κ1) is 19.6. The highest BCUT2D eigenvalue weighted by molar-refractivity contribution is 6.40. The van der Waals surface area contributed by atoms with Crippen LogP contribution < -0.4 is 0 Å². The fourth-order valence-corrected chi connectivity index (χ4v) is 4.24. The molecule has 0 N–H and O–H groups in total. The van der Waals surface area contributed by atoms with Gasteiger partial charge in [0.15, 0.2) is 0 Å². The summed E-state index contributed by atoms with van der Waals surface area (Å²) in [5, 5.41) is 0. The van der Waals surface area contributed by atoms with Gasteiger partial charge < -0.3 is 4.74 Å². The van der Waals surface area contributed by atoms with Crippen LogP contribution in [-0.4, -0.2) is 17.9 Å². The van der Waals surface area contributed by atoms with Gasteiger partial charge in [-0.15, -0.1) is 0 Å². The number of benzene rings is 1. The van der Waals surface area contributed by atoms with Crippen LogP contribution in [0, 0.1) is 17.3 Å². The van der Waals surface area contributed by atoms with Crippen LogP contribution >= 0.6 is 0 Å². The molecular weight excluding hydrogens is 336 g/mol. The summed E-state index contributed by atoms with van der Waals surface area (Å²) < 4.78 is 5.74. The van der Waals surface area contributed by atoms with Gasteiger partial charge in [0, 0.05) is 5.56 Å². The van der Waals surface area contributed by atoms with Crippen molar-refractivity contribution in [3.63, 3.8) is 0 Å². The molecule has 0 heterocycles. The number of Topliss-reactive ketones (excluding diaryl/α,β-unsaturated/α-hetero) is 1. The fraction of sp³-hybridized carbons (Fsp3) is 0.500. The molecule has 2 aliphatic rings. The van der Waals surface area contributed by atoms with Crippen molar-refractivity contribution in [3.05, 3.63) is 60.2 Å². The van der Waals surface area contributed by atoms with Crippen molar-refractivity contribution >= 4 is 11.8 Å². The van der Waals surface area contributed by atoms with Crippen molar-refractivity contribution in [2.45, 2.75) is 58.5 Å². The molecule has 0 bridgehead atoms. The summed E-state index contributed by atoms with van der Waals surface area (Å²) >= 11 is 0. The van der Waals surface area contributed by atoms with Gasteiger partial charge in [0.1, 0.15) is 6.10 Å². The van der Waals surface area contributed by atoms with Crippen molar-refractivity contribution in [2.75, 3.05) is 0 Å². The van der Waals surface area contributed by atoms with E-state index in [-0.39, 0.29) is 11.5 Å². The highest BCUT2D eigenvalue weighted by Crippen LogP contribution is 2.39. The molecule has 27 heavy (non-hydrogen) atoms. The average Bonchev–Trinajstić information content (AvgIpc) is 2.68. The second-order valence-corrected chi connectivity index (χ2v) is 8.50. The highest BCUT2D eigenvalue weighted by atomic mass is 16.5. The van der Waals surface area contributed by atoms with E-state index in [2.05, 4.69) is 38.2 Å².